The molecule has 2 heterocycles. The maximum atomic E-state index is 12.3. The molecule has 0 atom stereocenters. The zero-order valence-corrected chi connectivity index (χ0v) is 17.2. The molecular weight excluding hydrogens is 362 g/mol. The maximum absolute atomic E-state index is 12.3. The lowest BCUT2D eigenvalue weighted by atomic mass is 9.86. The number of nitrogens with zero attached hydrogens (tertiary/aromatic N) is 1. The molecule has 0 spiro atoms. The van der Waals surface area contributed by atoms with Crippen LogP contribution in [0.4, 0.5) is 0 Å². The van der Waals surface area contributed by atoms with Gasteiger partial charge in [-0.15, -0.1) is 12.4 Å². The quantitative estimate of drug-likeness (QED) is 0.821. The second kappa shape index (κ2) is 9.40. The Morgan fingerprint density at radius 1 is 1.11 bits per heavy atom. The third-order valence-corrected chi connectivity index (χ3v) is 4.79. The van der Waals surface area contributed by atoms with Crippen LogP contribution in [-0.4, -0.2) is 50.1 Å². The predicted molar refractivity (Wildman–Crippen MR) is 112 cm³/mol. The van der Waals surface area contributed by atoms with Gasteiger partial charge in [-0.1, -0.05) is 45.0 Å². The molecule has 1 aliphatic rings. The average Bonchev–Trinajstić information content (AvgIpc) is 3.12. The Balaban J connectivity index is 0.00000261. The molecule has 1 aromatic heterocycles. The van der Waals surface area contributed by atoms with Gasteiger partial charge in [0.2, 0.25) is 0 Å². The molecule has 148 valence electrons. The van der Waals surface area contributed by atoms with Crippen LogP contribution in [0.2, 0.25) is 0 Å². The summed E-state index contributed by atoms with van der Waals surface area (Å²) < 4.78 is 5.76. The van der Waals surface area contributed by atoms with Gasteiger partial charge in [-0.2, -0.15) is 0 Å². The molecule has 1 amide bonds. The molecule has 0 radical (unpaired) electrons. The highest BCUT2D eigenvalue weighted by Crippen LogP contribution is 2.27. The Labute approximate surface area is 167 Å². The van der Waals surface area contributed by atoms with Crippen LogP contribution < -0.4 is 10.6 Å². The highest BCUT2D eigenvalue weighted by Gasteiger charge is 2.16. The first-order chi connectivity index (χ1) is 12.4. The van der Waals surface area contributed by atoms with Gasteiger partial charge in [-0.05, 0) is 23.1 Å². The summed E-state index contributed by atoms with van der Waals surface area (Å²) >= 11 is 0. The summed E-state index contributed by atoms with van der Waals surface area (Å²) in [4.78, 5) is 14.6. The van der Waals surface area contributed by atoms with Gasteiger partial charge < -0.3 is 15.1 Å². The monoisotopic (exact) mass is 391 g/mol. The van der Waals surface area contributed by atoms with E-state index < -0.39 is 0 Å². The lowest BCUT2D eigenvalue weighted by Gasteiger charge is -2.26. The number of piperazine rings is 1. The summed E-state index contributed by atoms with van der Waals surface area (Å²) in [5.74, 6) is 0.926. The second-order valence-electron chi connectivity index (χ2n) is 7.84. The van der Waals surface area contributed by atoms with Crippen LogP contribution in [-0.2, 0) is 5.41 Å². The Kier molecular flexibility index (Phi) is 7.48. The molecule has 1 aliphatic heterocycles. The van der Waals surface area contributed by atoms with Gasteiger partial charge >= 0.3 is 0 Å². The Hall–Kier alpha value is -1.82. The summed E-state index contributed by atoms with van der Waals surface area (Å²) in [5.41, 5.74) is 2.38. The smallest absolute Gasteiger partial charge is 0.287 e. The van der Waals surface area contributed by atoms with Crippen molar-refractivity contribution >= 4 is 18.3 Å². The van der Waals surface area contributed by atoms with Gasteiger partial charge in [0.1, 0.15) is 5.76 Å². The summed E-state index contributed by atoms with van der Waals surface area (Å²) in [6, 6.07) is 11.9. The average molecular weight is 392 g/mol. The normalized spacial score (nSPS) is 15.2. The van der Waals surface area contributed by atoms with Crippen LogP contribution in [0.1, 0.15) is 36.9 Å². The Bertz CT molecular complexity index is 729. The molecule has 0 unspecified atom stereocenters. The fraction of sp³-hybridized carbons (Fsp3) is 0.476. The third-order valence-electron chi connectivity index (χ3n) is 4.79. The molecule has 2 N–H and O–H groups in total. The number of benzene rings is 1. The van der Waals surface area contributed by atoms with Crippen molar-refractivity contribution in [1.29, 1.82) is 0 Å². The fourth-order valence-corrected chi connectivity index (χ4v) is 3.10. The van der Waals surface area contributed by atoms with Crippen LogP contribution in [0.25, 0.3) is 11.3 Å². The van der Waals surface area contributed by atoms with E-state index in [0.29, 0.717) is 12.3 Å². The minimum Gasteiger partial charge on any atom is -0.451 e. The number of carbonyl (C=O) groups is 1. The number of halogens is 1. The van der Waals surface area contributed by atoms with Crippen LogP contribution in [0, 0.1) is 0 Å². The van der Waals surface area contributed by atoms with E-state index in [1.807, 2.05) is 18.2 Å². The molecule has 1 saturated heterocycles. The number of hydrogen-bond acceptors (Lipinski definition) is 4. The minimum absolute atomic E-state index is 0. The van der Waals surface area contributed by atoms with E-state index in [9.17, 15) is 4.79 Å². The van der Waals surface area contributed by atoms with Crippen molar-refractivity contribution in [2.75, 3.05) is 39.3 Å². The summed E-state index contributed by atoms with van der Waals surface area (Å²) in [6.07, 6.45) is 0. The first kappa shape index (κ1) is 21.5. The Morgan fingerprint density at radius 2 is 1.78 bits per heavy atom. The van der Waals surface area contributed by atoms with Crippen LogP contribution >= 0.6 is 12.4 Å². The van der Waals surface area contributed by atoms with E-state index in [1.165, 1.54) is 5.56 Å². The standard InChI is InChI=1S/C21H29N3O2.ClH/c1-21(2,3)17-6-4-16(5-7-17)18-8-9-19(26-18)20(25)23-12-15-24-13-10-22-11-14-24;/h4-9,22H,10-15H2,1-3H3,(H,23,25);1H. The first-order valence-electron chi connectivity index (χ1n) is 9.35. The van der Waals surface area contributed by atoms with Gasteiger partial charge in [0.15, 0.2) is 5.76 Å². The van der Waals surface area contributed by atoms with Crippen molar-refractivity contribution in [1.82, 2.24) is 15.5 Å². The maximum Gasteiger partial charge on any atom is 0.287 e. The van der Waals surface area contributed by atoms with Gasteiger partial charge in [-0.3, -0.25) is 9.69 Å². The van der Waals surface area contributed by atoms with Crippen molar-refractivity contribution in [2.45, 2.75) is 26.2 Å². The van der Waals surface area contributed by atoms with Crippen molar-refractivity contribution in [3.05, 3.63) is 47.7 Å². The number of amides is 1. The second-order valence-corrected chi connectivity index (χ2v) is 7.84. The van der Waals surface area contributed by atoms with Crippen LogP contribution in [0.5, 0.6) is 0 Å². The fourth-order valence-electron chi connectivity index (χ4n) is 3.10. The summed E-state index contributed by atoms with van der Waals surface area (Å²) in [5, 5.41) is 6.27. The molecule has 0 aliphatic carbocycles. The molecular formula is C21H30ClN3O2. The molecule has 0 saturated carbocycles. The number of hydrogen-bond donors (Lipinski definition) is 2. The summed E-state index contributed by atoms with van der Waals surface area (Å²) in [7, 11) is 0. The molecule has 0 bridgehead atoms. The van der Waals surface area contributed by atoms with E-state index in [4.69, 9.17) is 4.42 Å². The lowest BCUT2D eigenvalue weighted by molar-refractivity contribution is 0.0920. The SMILES string of the molecule is CC(C)(C)c1ccc(-c2ccc(C(=O)NCCN3CCNCC3)o2)cc1.Cl. The first-order valence-corrected chi connectivity index (χ1v) is 9.35. The molecule has 27 heavy (non-hydrogen) atoms. The zero-order valence-electron chi connectivity index (χ0n) is 16.4. The van der Waals surface area contributed by atoms with Crippen molar-refractivity contribution in [3.8, 4) is 11.3 Å². The zero-order chi connectivity index (χ0) is 18.6. The van der Waals surface area contributed by atoms with Crippen molar-refractivity contribution < 1.29 is 9.21 Å². The number of nitrogens with one attached hydrogen (secondary N) is 2. The highest BCUT2D eigenvalue weighted by atomic mass is 35.5. The van der Waals surface area contributed by atoms with Crippen molar-refractivity contribution in [2.24, 2.45) is 0 Å². The van der Waals surface area contributed by atoms with E-state index in [1.54, 1.807) is 6.07 Å². The Morgan fingerprint density at radius 3 is 2.41 bits per heavy atom. The van der Waals surface area contributed by atoms with E-state index >= 15 is 0 Å². The summed E-state index contributed by atoms with van der Waals surface area (Å²) in [6.45, 7) is 12.2. The van der Waals surface area contributed by atoms with Crippen LogP contribution in [0.15, 0.2) is 40.8 Å². The van der Waals surface area contributed by atoms with Gasteiger partial charge in [0, 0.05) is 44.8 Å². The van der Waals surface area contributed by atoms with Crippen molar-refractivity contribution in [3.63, 3.8) is 0 Å². The topological polar surface area (TPSA) is 57.5 Å². The number of furan rings is 1. The van der Waals surface area contributed by atoms with Crippen LogP contribution in [0.3, 0.4) is 0 Å². The van der Waals surface area contributed by atoms with Gasteiger partial charge in [-0.25, -0.2) is 0 Å². The lowest BCUT2D eigenvalue weighted by Crippen LogP contribution is -2.46. The highest BCUT2D eigenvalue weighted by molar-refractivity contribution is 5.92. The molecule has 6 heteroatoms. The number of rotatable bonds is 5. The van der Waals surface area contributed by atoms with E-state index in [0.717, 1.165) is 44.0 Å². The molecule has 3 rings (SSSR count). The molecule has 1 fully saturated rings. The van der Waals surface area contributed by atoms with E-state index in [2.05, 4.69) is 48.4 Å². The molecule has 2 aromatic rings. The molecule has 1 aromatic carbocycles. The largest absolute Gasteiger partial charge is 0.451 e. The molecule has 5 nitrogen and oxygen atoms in total. The number of carbonyl (C=O) groups excluding carboxylic acids is 1. The van der Waals surface area contributed by atoms with Gasteiger partial charge in [0.05, 0.1) is 0 Å². The van der Waals surface area contributed by atoms with Gasteiger partial charge in [0.25, 0.3) is 5.91 Å². The van der Waals surface area contributed by atoms with E-state index in [-0.39, 0.29) is 23.7 Å². The minimum atomic E-state index is -0.155. The predicted octanol–water partition coefficient (Wildman–Crippen LogP) is 3.30. The third kappa shape index (κ3) is 5.83.